The van der Waals surface area contributed by atoms with Crippen molar-refractivity contribution in [1.82, 2.24) is 0 Å². The third-order valence-corrected chi connectivity index (χ3v) is 0.228. The van der Waals surface area contributed by atoms with Crippen LogP contribution in [0.2, 0.25) is 0 Å². The zero-order chi connectivity index (χ0) is 4.28. The lowest BCUT2D eigenvalue weighted by Crippen LogP contribution is -2.07. The molecule has 0 aromatic carbocycles. The van der Waals surface area contributed by atoms with Gasteiger partial charge in [-0.15, -0.1) is 0 Å². The summed E-state index contributed by atoms with van der Waals surface area (Å²) in [6.07, 6.45) is 0. The molecule has 0 aromatic rings. The molecule has 0 heterocycles. The van der Waals surface area contributed by atoms with Crippen molar-refractivity contribution in [3.05, 3.63) is 6.04 Å². The summed E-state index contributed by atoms with van der Waals surface area (Å²) < 4.78 is 0. The van der Waals surface area contributed by atoms with Gasteiger partial charge in [0.05, 0.1) is 6.04 Å². The van der Waals surface area contributed by atoms with E-state index in [0.29, 0.717) is 6.04 Å². The number of hydrogen-bond acceptors (Lipinski definition) is 1. The molecule has 0 aliphatic carbocycles. The number of rotatable bonds is 1. The first-order valence-corrected chi connectivity index (χ1v) is 1.43. The summed E-state index contributed by atoms with van der Waals surface area (Å²) >= 11 is 0. The zero-order valence-electron chi connectivity index (χ0n) is 3.19. The van der Waals surface area contributed by atoms with E-state index in [0.717, 1.165) is 0 Å². The van der Waals surface area contributed by atoms with Gasteiger partial charge in [0.15, 0.2) is 0 Å². The number of hydrogen-bond donors (Lipinski definition) is 1. The maximum atomic E-state index is 9.47. The third kappa shape index (κ3) is 3.92. The second kappa shape index (κ2) is 2.18. The lowest BCUT2D eigenvalue weighted by atomic mass is 10.4. The lowest BCUT2D eigenvalue weighted by molar-refractivity contribution is 0.205. The number of nitrogens with two attached hydrogens (primary N) is 1. The fraction of sp³-hybridized carbons (Fsp3) is 0.667. The molecular formula is C3H7NO. The molecule has 0 aromatic heterocycles. The first-order chi connectivity index (χ1) is 2.27. The first-order valence-electron chi connectivity index (χ1n) is 1.43. The Labute approximate surface area is 31.6 Å². The Kier molecular flexibility index (Phi) is 2.14. The van der Waals surface area contributed by atoms with E-state index in [1.807, 2.05) is 0 Å². The van der Waals surface area contributed by atoms with Crippen molar-refractivity contribution >= 4 is 0 Å². The van der Waals surface area contributed by atoms with Crippen LogP contribution in [-0.4, -0.2) is 6.61 Å². The van der Waals surface area contributed by atoms with Crippen molar-refractivity contribution in [3.8, 4) is 0 Å². The summed E-state index contributed by atoms with van der Waals surface area (Å²) in [6, 6.07) is 0.449. The topological polar surface area (TPSA) is 45.9 Å². The van der Waals surface area contributed by atoms with Gasteiger partial charge in [-0.3, -0.25) is 0 Å². The monoisotopic (exact) mass is 73.1 g/mol. The SMILES string of the molecule is C[C](N)C[O]. The molecule has 2 N–H and O–H groups in total. The maximum Gasteiger partial charge on any atom is 0.102 e. The molecule has 0 rings (SSSR count). The zero-order valence-corrected chi connectivity index (χ0v) is 3.19. The minimum absolute atomic E-state index is 0.250. The molecule has 30 valence electrons. The highest BCUT2D eigenvalue weighted by Gasteiger charge is 1.85. The Morgan fingerprint density at radius 3 is 2.20 bits per heavy atom. The normalized spacial score (nSPS) is 9.60. The fourth-order valence-electron chi connectivity index (χ4n) is 0. The summed E-state index contributed by atoms with van der Waals surface area (Å²) in [5, 5.41) is 9.47. The quantitative estimate of drug-likeness (QED) is 0.464. The molecule has 0 spiro atoms. The maximum absolute atomic E-state index is 9.47. The molecule has 0 saturated carbocycles. The second-order valence-corrected chi connectivity index (χ2v) is 0.991. The largest absolute Gasteiger partial charge is 0.322 e. The Balaban J connectivity index is 2.54. The molecular weight excluding hydrogens is 66.0 g/mol. The molecule has 0 saturated heterocycles. The van der Waals surface area contributed by atoms with E-state index in [1.54, 1.807) is 6.92 Å². The molecule has 0 bridgehead atoms. The lowest BCUT2D eigenvalue weighted by Gasteiger charge is -1.87. The molecule has 0 fully saturated rings. The molecule has 2 heteroatoms. The van der Waals surface area contributed by atoms with E-state index in [2.05, 4.69) is 0 Å². The highest BCUT2D eigenvalue weighted by Crippen LogP contribution is 1.76. The van der Waals surface area contributed by atoms with Crippen molar-refractivity contribution in [2.24, 2.45) is 5.73 Å². The Morgan fingerprint density at radius 1 is 2.00 bits per heavy atom. The predicted octanol–water partition coefficient (Wildman–Crippen LogP) is -0.0725. The van der Waals surface area contributed by atoms with Gasteiger partial charge in [0.1, 0.15) is 6.61 Å². The van der Waals surface area contributed by atoms with Gasteiger partial charge in [0.25, 0.3) is 0 Å². The van der Waals surface area contributed by atoms with Crippen LogP contribution in [-0.2, 0) is 5.11 Å². The van der Waals surface area contributed by atoms with Crippen LogP contribution in [0, 0.1) is 6.04 Å². The highest BCUT2D eigenvalue weighted by atomic mass is 16.3. The molecule has 5 heavy (non-hydrogen) atoms. The van der Waals surface area contributed by atoms with Crippen LogP contribution in [0.25, 0.3) is 0 Å². The Hall–Kier alpha value is -0.0800. The van der Waals surface area contributed by atoms with Gasteiger partial charge >= 0.3 is 0 Å². The third-order valence-electron chi connectivity index (χ3n) is 0.228. The molecule has 0 aliphatic heterocycles. The first kappa shape index (κ1) is 4.92. The molecule has 0 atom stereocenters. The molecule has 0 amide bonds. The smallest absolute Gasteiger partial charge is 0.102 e. The molecule has 2 nitrogen and oxygen atoms in total. The fourth-order valence-corrected chi connectivity index (χ4v) is 0. The van der Waals surface area contributed by atoms with Gasteiger partial charge in [0.2, 0.25) is 0 Å². The van der Waals surface area contributed by atoms with Crippen molar-refractivity contribution < 1.29 is 5.11 Å². The van der Waals surface area contributed by atoms with Crippen molar-refractivity contribution in [3.63, 3.8) is 0 Å². The van der Waals surface area contributed by atoms with E-state index >= 15 is 0 Å². The molecule has 2 radical (unpaired) electrons. The van der Waals surface area contributed by atoms with Gasteiger partial charge in [-0.05, 0) is 6.92 Å². The van der Waals surface area contributed by atoms with Crippen molar-refractivity contribution in [1.29, 1.82) is 0 Å². The van der Waals surface area contributed by atoms with Gasteiger partial charge in [-0.1, -0.05) is 0 Å². The van der Waals surface area contributed by atoms with Crippen LogP contribution in [0.3, 0.4) is 0 Å². The van der Waals surface area contributed by atoms with Gasteiger partial charge < -0.3 is 5.73 Å². The van der Waals surface area contributed by atoms with E-state index in [-0.39, 0.29) is 6.61 Å². The van der Waals surface area contributed by atoms with Crippen LogP contribution in [0.5, 0.6) is 0 Å². The molecule has 0 aliphatic rings. The van der Waals surface area contributed by atoms with Crippen LogP contribution < -0.4 is 5.73 Å². The summed E-state index contributed by atoms with van der Waals surface area (Å²) in [7, 11) is 0. The van der Waals surface area contributed by atoms with Crippen molar-refractivity contribution in [2.75, 3.05) is 6.61 Å². The highest BCUT2D eigenvalue weighted by molar-refractivity contribution is 4.70. The average Bonchev–Trinajstić information content (AvgIpc) is 1.38. The summed E-state index contributed by atoms with van der Waals surface area (Å²) in [6.45, 7) is 1.35. The average molecular weight is 73.1 g/mol. The summed E-state index contributed by atoms with van der Waals surface area (Å²) in [5.41, 5.74) is 4.90. The van der Waals surface area contributed by atoms with Crippen molar-refractivity contribution in [2.45, 2.75) is 6.92 Å². The summed E-state index contributed by atoms with van der Waals surface area (Å²) in [5.74, 6) is 0. The predicted molar refractivity (Wildman–Crippen MR) is 18.7 cm³/mol. The van der Waals surface area contributed by atoms with Crippen LogP contribution >= 0.6 is 0 Å². The minimum atomic E-state index is -0.250. The standard InChI is InChI=1S/C3H7NO/c1-3(4)2-5/h2,4H2,1H3. The Morgan fingerprint density at radius 2 is 2.20 bits per heavy atom. The van der Waals surface area contributed by atoms with E-state index < -0.39 is 0 Å². The van der Waals surface area contributed by atoms with Crippen LogP contribution in [0.1, 0.15) is 6.92 Å². The Bertz CT molecular complexity index is 20.9. The van der Waals surface area contributed by atoms with Gasteiger partial charge in [-0.2, -0.15) is 0 Å². The summed E-state index contributed by atoms with van der Waals surface area (Å²) in [4.78, 5) is 0. The van der Waals surface area contributed by atoms with Gasteiger partial charge in [0, 0.05) is 0 Å². The minimum Gasteiger partial charge on any atom is -0.322 e. The van der Waals surface area contributed by atoms with Crippen LogP contribution in [0.4, 0.5) is 0 Å². The van der Waals surface area contributed by atoms with E-state index in [9.17, 15) is 5.11 Å². The van der Waals surface area contributed by atoms with E-state index in [1.165, 1.54) is 0 Å². The van der Waals surface area contributed by atoms with Crippen LogP contribution in [0.15, 0.2) is 0 Å². The van der Waals surface area contributed by atoms with Gasteiger partial charge in [-0.25, -0.2) is 5.11 Å². The molecule has 0 unspecified atom stereocenters. The van der Waals surface area contributed by atoms with E-state index in [4.69, 9.17) is 5.73 Å². The second-order valence-electron chi connectivity index (χ2n) is 0.991.